The summed E-state index contributed by atoms with van der Waals surface area (Å²) in [6.07, 6.45) is 2.49. The summed E-state index contributed by atoms with van der Waals surface area (Å²) in [5.74, 6) is 1.24. The Bertz CT molecular complexity index is 558. The normalized spacial score (nSPS) is 12.2. The molecule has 0 unspecified atom stereocenters. The maximum absolute atomic E-state index is 5.92. The molecule has 0 amide bonds. The fourth-order valence-electron chi connectivity index (χ4n) is 1.56. The van der Waals surface area contributed by atoms with E-state index in [1.165, 1.54) is 0 Å². The number of hydrogen-bond donors (Lipinski definition) is 1. The van der Waals surface area contributed by atoms with Gasteiger partial charge in [0.1, 0.15) is 11.5 Å². The van der Waals surface area contributed by atoms with Gasteiger partial charge in [0.25, 0.3) is 0 Å². The second kappa shape index (κ2) is 6.24. The molecule has 2 rings (SSSR count). The molecule has 5 heteroatoms. The van der Waals surface area contributed by atoms with E-state index in [1.54, 1.807) is 24.4 Å². The largest absolute Gasteiger partial charge is 0.456 e. The highest BCUT2D eigenvalue weighted by Crippen LogP contribution is 2.29. The number of halogens is 2. The first-order chi connectivity index (χ1) is 9.10. The molecular weight excluding hydrogens is 283 g/mol. The van der Waals surface area contributed by atoms with Crippen LogP contribution >= 0.6 is 23.2 Å². The molecule has 2 aromatic rings. The first-order valence-corrected chi connectivity index (χ1v) is 6.70. The van der Waals surface area contributed by atoms with Crippen molar-refractivity contribution in [1.82, 2.24) is 4.98 Å². The lowest BCUT2D eigenvalue weighted by Crippen LogP contribution is -2.10. The van der Waals surface area contributed by atoms with Gasteiger partial charge in [0.05, 0.1) is 21.9 Å². The van der Waals surface area contributed by atoms with Crippen molar-refractivity contribution in [1.29, 1.82) is 0 Å². The molecular formula is C14H14Cl2N2O. The Hall–Kier alpha value is -1.29. The topological polar surface area (TPSA) is 48.1 Å². The molecule has 1 heterocycles. The van der Waals surface area contributed by atoms with Crippen LogP contribution in [-0.2, 0) is 0 Å². The van der Waals surface area contributed by atoms with Crippen LogP contribution in [0.5, 0.6) is 11.5 Å². The zero-order chi connectivity index (χ0) is 13.8. The van der Waals surface area contributed by atoms with E-state index in [0.717, 1.165) is 12.1 Å². The zero-order valence-corrected chi connectivity index (χ0v) is 11.9. The van der Waals surface area contributed by atoms with Gasteiger partial charge in [0, 0.05) is 12.1 Å². The first kappa shape index (κ1) is 14.1. The summed E-state index contributed by atoms with van der Waals surface area (Å²) in [6, 6.07) is 8.75. The van der Waals surface area contributed by atoms with Crippen LogP contribution in [-0.4, -0.2) is 4.98 Å². The number of nitrogens with two attached hydrogens (primary N) is 1. The van der Waals surface area contributed by atoms with Gasteiger partial charge in [-0.15, -0.1) is 0 Å². The Morgan fingerprint density at radius 1 is 1.16 bits per heavy atom. The van der Waals surface area contributed by atoms with Crippen molar-refractivity contribution in [2.45, 2.75) is 19.4 Å². The predicted octanol–water partition coefficient (Wildman–Crippen LogP) is 4.59. The van der Waals surface area contributed by atoms with E-state index in [-0.39, 0.29) is 6.04 Å². The van der Waals surface area contributed by atoms with E-state index in [2.05, 4.69) is 4.98 Å². The Morgan fingerprint density at radius 2 is 1.89 bits per heavy atom. The van der Waals surface area contributed by atoms with Crippen molar-refractivity contribution >= 4 is 23.2 Å². The van der Waals surface area contributed by atoms with Crippen LogP contribution < -0.4 is 10.5 Å². The van der Waals surface area contributed by atoms with Crippen LogP contribution in [0.1, 0.15) is 25.1 Å². The minimum absolute atomic E-state index is 0.0426. The van der Waals surface area contributed by atoms with Gasteiger partial charge in [-0.25, -0.2) is 0 Å². The predicted molar refractivity (Wildman–Crippen MR) is 78.0 cm³/mol. The molecule has 0 saturated carbocycles. The molecule has 0 bridgehead atoms. The second-order valence-electron chi connectivity index (χ2n) is 4.11. The lowest BCUT2D eigenvalue weighted by atomic mass is 10.1. The van der Waals surface area contributed by atoms with E-state index in [1.807, 2.05) is 19.1 Å². The van der Waals surface area contributed by atoms with Crippen molar-refractivity contribution in [3.8, 4) is 11.5 Å². The van der Waals surface area contributed by atoms with Gasteiger partial charge in [-0.1, -0.05) is 30.1 Å². The van der Waals surface area contributed by atoms with Gasteiger partial charge in [-0.2, -0.15) is 0 Å². The van der Waals surface area contributed by atoms with Crippen LogP contribution in [0.4, 0.5) is 0 Å². The van der Waals surface area contributed by atoms with Crippen LogP contribution in [0.15, 0.2) is 36.5 Å². The highest BCUT2D eigenvalue weighted by molar-refractivity contribution is 6.42. The summed E-state index contributed by atoms with van der Waals surface area (Å²) in [6.45, 7) is 2.02. The summed E-state index contributed by atoms with van der Waals surface area (Å²) in [7, 11) is 0. The Labute approximate surface area is 122 Å². The third-order valence-electron chi connectivity index (χ3n) is 2.71. The number of nitrogens with zero attached hydrogens (tertiary/aromatic N) is 1. The van der Waals surface area contributed by atoms with E-state index in [9.17, 15) is 0 Å². The molecule has 0 radical (unpaired) electrons. The summed E-state index contributed by atoms with van der Waals surface area (Å²) in [4.78, 5) is 4.28. The first-order valence-electron chi connectivity index (χ1n) is 5.94. The van der Waals surface area contributed by atoms with Crippen LogP contribution in [0, 0.1) is 0 Å². The average Bonchev–Trinajstić information content (AvgIpc) is 2.43. The molecule has 0 fully saturated rings. The molecule has 3 nitrogen and oxygen atoms in total. The summed E-state index contributed by atoms with van der Waals surface area (Å²) in [5, 5.41) is 0.952. The molecule has 0 saturated heterocycles. The molecule has 1 atom stereocenters. The molecule has 2 N–H and O–H groups in total. The Kier molecular flexibility index (Phi) is 4.64. The van der Waals surface area contributed by atoms with Crippen molar-refractivity contribution in [3.05, 3.63) is 52.3 Å². The molecule has 0 aliphatic rings. The van der Waals surface area contributed by atoms with Crippen LogP contribution in [0.25, 0.3) is 0 Å². The van der Waals surface area contributed by atoms with Gasteiger partial charge >= 0.3 is 0 Å². The summed E-state index contributed by atoms with van der Waals surface area (Å²) in [5.41, 5.74) is 6.75. The van der Waals surface area contributed by atoms with Crippen molar-refractivity contribution in [2.75, 3.05) is 0 Å². The standard InChI is InChI=1S/C14H14Cl2N2O/c1-2-13(17)14-6-4-10(8-18-14)19-9-3-5-11(15)12(16)7-9/h3-8,13H,2,17H2,1H3/t13-/m1/s1. The minimum Gasteiger partial charge on any atom is -0.456 e. The lowest BCUT2D eigenvalue weighted by Gasteiger charge is -2.10. The van der Waals surface area contributed by atoms with Gasteiger partial charge in [0.2, 0.25) is 0 Å². The number of rotatable bonds is 4. The number of pyridine rings is 1. The SMILES string of the molecule is CC[C@@H](N)c1ccc(Oc2ccc(Cl)c(Cl)c2)cn1. The van der Waals surface area contributed by atoms with Crippen LogP contribution in [0.3, 0.4) is 0 Å². The molecule has 0 aliphatic heterocycles. The molecule has 1 aromatic heterocycles. The van der Waals surface area contributed by atoms with Gasteiger partial charge in [-0.3, -0.25) is 4.98 Å². The summed E-state index contributed by atoms with van der Waals surface area (Å²) < 4.78 is 5.64. The quantitative estimate of drug-likeness (QED) is 0.897. The van der Waals surface area contributed by atoms with Gasteiger partial charge in [-0.05, 0) is 30.7 Å². The number of benzene rings is 1. The Morgan fingerprint density at radius 3 is 2.47 bits per heavy atom. The number of hydrogen-bond acceptors (Lipinski definition) is 3. The summed E-state index contributed by atoms with van der Waals surface area (Å²) >= 11 is 11.8. The molecule has 0 aliphatic carbocycles. The molecule has 1 aromatic carbocycles. The highest BCUT2D eigenvalue weighted by atomic mass is 35.5. The Balaban J connectivity index is 2.12. The fourth-order valence-corrected chi connectivity index (χ4v) is 1.85. The van der Waals surface area contributed by atoms with Gasteiger partial charge in [0.15, 0.2) is 0 Å². The van der Waals surface area contributed by atoms with E-state index >= 15 is 0 Å². The second-order valence-corrected chi connectivity index (χ2v) is 4.93. The van der Waals surface area contributed by atoms with Crippen LogP contribution in [0.2, 0.25) is 10.0 Å². The monoisotopic (exact) mass is 296 g/mol. The highest BCUT2D eigenvalue weighted by Gasteiger charge is 2.06. The third kappa shape index (κ3) is 3.60. The van der Waals surface area contributed by atoms with Crippen molar-refractivity contribution in [2.24, 2.45) is 5.73 Å². The zero-order valence-electron chi connectivity index (χ0n) is 10.4. The van der Waals surface area contributed by atoms with E-state index in [0.29, 0.717) is 21.5 Å². The van der Waals surface area contributed by atoms with Gasteiger partial charge < -0.3 is 10.5 Å². The average molecular weight is 297 g/mol. The maximum Gasteiger partial charge on any atom is 0.145 e. The smallest absolute Gasteiger partial charge is 0.145 e. The fraction of sp³-hybridized carbons (Fsp3) is 0.214. The number of aromatic nitrogens is 1. The molecule has 100 valence electrons. The minimum atomic E-state index is -0.0426. The van der Waals surface area contributed by atoms with E-state index in [4.69, 9.17) is 33.7 Å². The molecule has 0 spiro atoms. The third-order valence-corrected chi connectivity index (χ3v) is 3.44. The van der Waals surface area contributed by atoms with Crippen molar-refractivity contribution in [3.63, 3.8) is 0 Å². The number of ether oxygens (including phenoxy) is 1. The molecule has 19 heavy (non-hydrogen) atoms. The van der Waals surface area contributed by atoms with Crippen molar-refractivity contribution < 1.29 is 4.74 Å². The maximum atomic E-state index is 5.92. The lowest BCUT2D eigenvalue weighted by molar-refractivity contribution is 0.479. The van der Waals surface area contributed by atoms with E-state index < -0.39 is 0 Å².